The van der Waals surface area contributed by atoms with E-state index in [0.717, 1.165) is 42.1 Å². The van der Waals surface area contributed by atoms with Crippen molar-refractivity contribution < 1.29 is 9.53 Å². The van der Waals surface area contributed by atoms with E-state index in [1.54, 1.807) is 12.0 Å². The summed E-state index contributed by atoms with van der Waals surface area (Å²) in [6, 6.07) is 15.3. The Labute approximate surface area is 124 Å². The largest absolute Gasteiger partial charge is 0.497 e. The first-order valence-corrected chi connectivity index (χ1v) is 7.08. The molecular weight excluding hydrogens is 264 g/mol. The molecule has 2 aromatic carbocycles. The normalized spacial score (nSPS) is 13.5. The first-order valence-electron chi connectivity index (χ1n) is 7.08. The van der Waals surface area contributed by atoms with Crippen LogP contribution in [0.3, 0.4) is 0 Å². The third kappa shape index (κ3) is 2.84. The number of methoxy groups -OCH3 is 1. The molecule has 3 rings (SSSR count). The molecule has 0 aromatic heterocycles. The Kier molecular flexibility index (Phi) is 3.77. The van der Waals surface area contributed by atoms with Gasteiger partial charge < -0.3 is 10.1 Å². The summed E-state index contributed by atoms with van der Waals surface area (Å²) in [5.41, 5.74) is 2.93. The number of hydrogen-bond acceptors (Lipinski definition) is 2. The number of hydrogen-bond donors (Lipinski definition) is 1. The Morgan fingerprint density at radius 2 is 2.00 bits per heavy atom. The number of fused-ring (bicyclic) bond motifs is 1. The molecule has 1 N–H and O–H groups in total. The molecule has 0 atom stereocenters. The molecule has 0 saturated carbocycles. The Morgan fingerprint density at radius 3 is 2.76 bits per heavy atom. The van der Waals surface area contributed by atoms with E-state index in [4.69, 9.17) is 4.74 Å². The van der Waals surface area contributed by atoms with Gasteiger partial charge in [-0.15, -0.1) is 0 Å². The Bertz CT molecular complexity index is 640. The van der Waals surface area contributed by atoms with E-state index in [0.29, 0.717) is 0 Å². The molecule has 0 fully saturated rings. The van der Waals surface area contributed by atoms with Gasteiger partial charge in [-0.2, -0.15) is 0 Å². The minimum absolute atomic E-state index is 0.0904. The molecule has 0 unspecified atom stereocenters. The lowest BCUT2D eigenvalue weighted by molar-refractivity contribution is 0.256. The van der Waals surface area contributed by atoms with Gasteiger partial charge in [-0.1, -0.05) is 18.2 Å². The lowest BCUT2D eigenvalue weighted by Crippen LogP contribution is -2.38. The molecule has 2 amide bonds. The third-order valence-electron chi connectivity index (χ3n) is 3.68. The second-order valence-electron chi connectivity index (χ2n) is 5.05. The average Bonchev–Trinajstić information content (AvgIpc) is 2.54. The minimum Gasteiger partial charge on any atom is -0.497 e. The highest BCUT2D eigenvalue weighted by atomic mass is 16.5. The molecule has 1 aliphatic rings. The number of para-hydroxylation sites is 1. The van der Waals surface area contributed by atoms with Crippen molar-refractivity contribution in [3.05, 3.63) is 54.1 Å². The highest BCUT2D eigenvalue weighted by Crippen LogP contribution is 2.30. The third-order valence-corrected chi connectivity index (χ3v) is 3.68. The molecule has 0 radical (unpaired) electrons. The number of benzene rings is 2. The summed E-state index contributed by atoms with van der Waals surface area (Å²) in [7, 11) is 1.66. The quantitative estimate of drug-likeness (QED) is 0.913. The van der Waals surface area contributed by atoms with Crippen molar-refractivity contribution in [2.75, 3.05) is 23.9 Å². The fourth-order valence-electron chi connectivity index (χ4n) is 2.62. The number of anilines is 2. The van der Waals surface area contributed by atoms with Crippen molar-refractivity contribution in [2.24, 2.45) is 0 Å². The van der Waals surface area contributed by atoms with Crippen molar-refractivity contribution in [1.82, 2.24) is 0 Å². The van der Waals surface area contributed by atoms with Gasteiger partial charge >= 0.3 is 6.03 Å². The molecule has 1 aliphatic heterocycles. The Hall–Kier alpha value is -2.49. The van der Waals surface area contributed by atoms with Crippen LogP contribution in [-0.4, -0.2) is 19.7 Å². The predicted molar refractivity (Wildman–Crippen MR) is 84.1 cm³/mol. The number of carbonyl (C=O) groups is 1. The van der Waals surface area contributed by atoms with Crippen molar-refractivity contribution in [1.29, 1.82) is 0 Å². The number of ether oxygens (including phenoxy) is 1. The molecule has 0 spiro atoms. The van der Waals surface area contributed by atoms with Crippen molar-refractivity contribution in [3.63, 3.8) is 0 Å². The van der Waals surface area contributed by atoms with Gasteiger partial charge in [0, 0.05) is 17.9 Å². The summed E-state index contributed by atoms with van der Waals surface area (Å²) in [6.07, 6.45) is 1.93. The first-order chi connectivity index (χ1) is 10.3. The summed E-state index contributed by atoms with van der Waals surface area (Å²) in [6.45, 7) is 0.734. The average molecular weight is 282 g/mol. The summed E-state index contributed by atoms with van der Waals surface area (Å²) in [4.78, 5) is 14.3. The van der Waals surface area contributed by atoms with Gasteiger partial charge in [-0.3, -0.25) is 4.90 Å². The SMILES string of the molecule is COc1ccc2c(c1)CCCN2C(=O)Nc1ccccc1. The fraction of sp³-hybridized carbons (Fsp3) is 0.235. The number of nitrogens with one attached hydrogen (secondary N) is 1. The molecule has 1 heterocycles. The van der Waals surface area contributed by atoms with E-state index in [9.17, 15) is 4.79 Å². The van der Waals surface area contributed by atoms with Gasteiger partial charge in [0.15, 0.2) is 0 Å². The van der Waals surface area contributed by atoms with Crippen LogP contribution in [0.5, 0.6) is 5.75 Å². The van der Waals surface area contributed by atoms with E-state index < -0.39 is 0 Å². The lowest BCUT2D eigenvalue weighted by atomic mass is 10.0. The summed E-state index contributed by atoms with van der Waals surface area (Å²) in [5, 5.41) is 2.94. The molecule has 0 saturated heterocycles. The monoisotopic (exact) mass is 282 g/mol. The lowest BCUT2D eigenvalue weighted by Gasteiger charge is -2.29. The zero-order chi connectivity index (χ0) is 14.7. The van der Waals surface area contributed by atoms with E-state index in [2.05, 4.69) is 5.32 Å². The van der Waals surface area contributed by atoms with Gasteiger partial charge in [-0.05, 0) is 48.7 Å². The number of aryl methyl sites for hydroxylation is 1. The summed E-state index contributed by atoms with van der Waals surface area (Å²) in [5.74, 6) is 0.832. The van der Waals surface area contributed by atoms with E-state index >= 15 is 0 Å². The van der Waals surface area contributed by atoms with Crippen LogP contribution >= 0.6 is 0 Å². The minimum atomic E-state index is -0.0904. The first kappa shape index (κ1) is 13.5. The van der Waals surface area contributed by atoms with Crippen LogP contribution in [0.15, 0.2) is 48.5 Å². The van der Waals surface area contributed by atoms with Crippen molar-refractivity contribution >= 4 is 17.4 Å². The molecule has 21 heavy (non-hydrogen) atoms. The predicted octanol–water partition coefficient (Wildman–Crippen LogP) is 3.68. The maximum absolute atomic E-state index is 12.5. The van der Waals surface area contributed by atoms with Gasteiger partial charge in [0.25, 0.3) is 0 Å². The number of rotatable bonds is 2. The zero-order valence-corrected chi connectivity index (χ0v) is 12.0. The van der Waals surface area contributed by atoms with Gasteiger partial charge in [0.2, 0.25) is 0 Å². The number of urea groups is 1. The second-order valence-corrected chi connectivity index (χ2v) is 5.05. The topological polar surface area (TPSA) is 41.6 Å². The van der Waals surface area contributed by atoms with Crippen LogP contribution in [0.25, 0.3) is 0 Å². The molecule has 2 aromatic rings. The van der Waals surface area contributed by atoms with Gasteiger partial charge in [0.05, 0.1) is 7.11 Å². The highest BCUT2D eigenvalue weighted by molar-refractivity contribution is 6.02. The molecule has 108 valence electrons. The number of carbonyl (C=O) groups excluding carboxylic acids is 1. The zero-order valence-electron chi connectivity index (χ0n) is 12.0. The van der Waals surface area contributed by atoms with Crippen LogP contribution in [-0.2, 0) is 6.42 Å². The molecule has 0 aliphatic carbocycles. The Morgan fingerprint density at radius 1 is 1.19 bits per heavy atom. The molecule has 0 bridgehead atoms. The van der Waals surface area contributed by atoms with E-state index in [1.165, 1.54) is 0 Å². The van der Waals surface area contributed by atoms with Crippen molar-refractivity contribution in [2.45, 2.75) is 12.8 Å². The number of nitrogens with zero attached hydrogens (tertiary/aromatic N) is 1. The summed E-state index contributed by atoms with van der Waals surface area (Å²) < 4.78 is 5.25. The van der Waals surface area contributed by atoms with E-state index in [-0.39, 0.29) is 6.03 Å². The van der Waals surface area contributed by atoms with Crippen LogP contribution in [0.2, 0.25) is 0 Å². The summed E-state index contributed by atoms with van der Waals surface area (Å²) >= 11 is 0. The second kappa shape index (κ2) is 5.87. The maximum Gasteiger partial charge on any atom is 0.326 e. The highest BCUT2D eigenvalue weighted by Gasteiger charge is 2.22. The number of amides is 2. The van der Waals surface area contributed by atoms with Crippen LogP contribution in [0.1, 0.15) is 12.0 Å². The Balaban J connectivity index is 1.83. The van der Waals surface area contributed by atoms with Gasteiger partial charge in [-0.25, -0.2) is 4.79 Å². The molecule has 4 heteroatoms. The standard InChI is InChI=1S/C17H18N2O2/c1-21-15-9-10-16-13(12-15)6-5-11-19(16)17(20)18-14-7-3-2-4-8-14/h2-4,7-10,12H,5-6,11H2,1H3,(H,18,20). The maximum atomic E-state index is 12.5. The van der Waals surface area contributed by atoms with E-state index in [1.807, 2.05) is 48.5 Å². The van der Waals surface area contributed by atoms with Crippen molar-refractivity contribution in [3.8, 4) is 5.75 Å². The fourth-order valence-corrected chi connectivity index (χ4v) is 2.62. The molecular formula is C17H18N2O2. The molecule has 4 nitrogen and oxygen atoms in total. The van der Waals surface area contributed by atoms with Crippen LogP contribution in [0, 0.1) is 0 Å². The van der Waals surface area contributed by atoms with Crippen LogP contribution < -0.4 is 15.0 Å². The van der Waals surface area contributed by atoms with Crippen LogP contribution in [0.4, 0.5) is 16.2 Å². The van der Waals surface area contributed by atoms with Gasteiger partial charge in [0.1, 0.15) is 5.75 Å². The smallest absolute Gasteiger partial charge is 0.326 e.